The number of nitro groups is 1. The van der Waals surface area contributed by atoms with Crippen LogP contribution in [-0.4, -0.2) is 30.3 Å². The first kappa shape index (κ1) is 15.4. The van der Waals surface area contributed by atoms with Gasteiger partial charge in [0.2, 0.25) is 0 Å². The van der Waals surface area contributed by atoms with E-state index in [4.69, 9.17) is 5.26 Å². The van der Waals surface area contributed by atoms with Crippen molar-refractivity contribution in [2.24, 2.45) is 11.3 Å². The third kappa shape index (κ3) is 2.90. The van der Waals surface area contributed by atoms with E-state index in [1.54, 1.807) is 12.1 Å². The number of Topliss-reactive ketones (excluding diaryl/α,β-unsaturated/α-hetero) is 1. The normalized spacial score (nSPS) is 23.3. The maximum absolute atomic E-state index is 12.6. The SMILES string of the molecule is N#Cc1cccc(NC[C@]2(C(=O)C3CC3)CCNC2)c1[N+](=O)[O-]. The number of hydrogen-bond donors (Lipinski definition) is 2. The van der Waals surface area contributed by atoms with Crippen molar-refractivity contribution in [1.29, 1.82) is 5.26 Å². The van der Waals surface area contributed by atoms with E-state index in [0.29, 0.717) is 18.8 Å². The van der Waals surface area contributed by atoms with Crippen molar-refractivity contribution in [3.8, 4) is 6.07 Å². The maximum atomic E-state index is 12.6. The summed E-state index contributed by atoms with van der Waals surface area (Å²) in [5.74, 6) is 0.409. The van der Waals surface area contributed by atoms with Crippen molar-refractivity contribution in [3.63, 3.8) is 0 Å². The minimum Gasteiger partial charge on any atom is -0.378 e. The molecular formula is C16H18N4O3. The molecule has 1 atom stereocenters. The quantitative estimate of drug-likeness (QED) is 0.612. The summed E-state index contributed by atoms with van der Waals surface area (Å²) in [6.45, 7) is 1.73. The fourth-order valence-corrected chi connectivity index (χ4v) is 3.21. The van der Waals surface area contributed by atoms with Crippen molar-refractivity contribution >= 4 is 17.2 Å². The Morgan fingerprint density at radius 2 is 2.30 bits per heavy atom. The van der Waals surface area contributed by atoms with E-state index in [1.165, 1.54) is 6.07 Å². The summed E-state index contributed by atoms with van der Waals surface area (Å²) >= 11 is 0. The number of hydrogen-bond acceptors (Lipinski definition) is 6. The first-order chi connectivity index (χ1) is 11.1. The lowest BCUT2D eigenvalue weighted by Crippen LogP contribution is -2.41. The number of anilines is 1. The summed E-state index contributed by atoms with van der Waals surface area (Å²) in [6.07, 6.45) is 2.64. The molecule has 0 aromatic heterocycles. The summed E-state index contributed by atoms with van der Waals surface area (Å²) in [4.78, 5) is 23.3. The highest BCUT2D eigenvalue weighted by atomic mass is 16.6. The smallest absolute Gasteiger partial charge is 0.309 e. The van der Waals surface area contributed by atoms with Crippen LogP contribution in [-0.2, 0) is 4.79 Å². The minimum absolute atomic E-state index is 0.0205. The minimum atomic E-state index is -0.552. The van der Waals surface area contributed by atoms with E-state index in [-0.39, 0.29) is 23.0 Å². The Labute approximate surface area is 133 Å². The Morgan fingerprint density at radius 3 is 2.87 bits per heavy atom. The Morgan fingerprint density at radius 1 is 1.52 bits per heavy atom. The lowest BCUT2D eigenvalue weighted by molar-refractivity contribution is -0.384. The predicted molar refractivity (Wildman–Crippen MR) is 84.0 cm³/mol. The second-order valence-electron chi connectivity index (χ2n) is 6.27. The third-order valence-electron chi connectivity index (χ3n) is 4.67. The summed E-state index contributed by atoms with van der Waals surface area (Å²) < 4.78 is 0. The molecule has 2 aliphatic rings. The van der Waals surface area contributed by atoms with Gasteiger partial charge in [0.15, 0.2) is 0 Å². The third-order valence-corrected chi connectivity index (χ3v) is 4.67. The molecule has 1 saturated heterocycles. The number of nitrogens with zero attached hydrogens (tertiary/aromatic N) is 2. The number of benzene rings is 1. The van der Waals surface area contributed by atoms with Crippen LogP contribution in [0.1, 0.15) is 24.8 Å². The zero-order valence-corrected chi connectivity index (χ0v) is 12.7. The summed E-state index contributed by atoms with van der Waals surface area (Å²) in [6, 6.07) is 6.45. The lowest BCUT2D eigenvalue weighted by Gasteiger charge is -2.27. The van der Waals surface area contributed by atoms with Crippen LogP contribution >= 0.6 is 0 Å². The molecule has 1 saturated carbocycles. The van der Waals surface area contributed by atoms with E-state index in [9.17, 15) is 14.9 Å². The van der Waals surface area contributed by atoms with Crippen molar-refractivity contribution in [2.75, 3.05) is 25.0 Å². The monoisotopic (exact) mass is 314 g/mol. The highest BCUT2D eigenvalue weighted by molar-refractivity contribution is 5.90. The lowest BCUT2D eigenvalue weighted by atomic mass is 9.80. The number of para-hydroxylation sites is 1. The number of nitrogens with one attached hydrogen (secondary N) is 2. The highest BCUT2D eigenvalue weighted by Gasteiger charge is 2.47. The van der Waals surface area contributed by atoms with Gasteiger partial charge in [-0.15, -0.1) is 0 Å². The van der Waals surface area contributed by atoms with Gasteiger partial charge in [0.05, 0.1) is 10.3 Å². The van der Waals surface area contributed by atoms with E-state index in [0.717, 1.165) is 25.8 Å². The van der Waals surface area contributed by atoms with Gasteiger partial charge in [0, 0.05) is 19.0 Å². The van der Waals surface area contributed by atoms with Gasteiger partial charge in [-0.1, -0.05) is 6.07 Å². The zero-order valence-electron chi connectivity index (χ0n) is 12.7. The second-order valence-corrected chi connectivity index (χ2v) is 6.27. The number of ketones is 1. The van der Waals surface area contributed by atoms with Crippen LogP contribution < -0.4 is 10.6 Å². The number of rotatable bonds is 6. The maximum Gasteiger partial charge on any atom is 0.309 e. The van der Waals surface area contributed by atoms with Gasteiger partial charge in [-0.3, -0.25) is 14.9 Å². The number of carbonyl (C=O) groups excluding carboxylic acids is 1. The molecule has 3 rings (SSSR count). The fraction of sp³-hybridized carbons (Fsp3) is 0.500. The summed E-state index contributed by atoms with van der Waals surface area (Å²) in [5, 5.41) is 26.6. The van der Waals surface area contributed by atoms with E-state index < -0.39 is 10.3 Å². The predicted octanol–water partition coefficient (Wildman–Crippen LogP) is 1.84. The Bertz CT molecular complexity index is 685. The number of nitro benzene ring substituents is 1. The Hall–Kier alpha value is -2.46. The van der Waals surface area contributed by atoms with Gasteiger partial charge < -0.3 is 10.6 Å². The van der Waals surface area contributed by atoms with Crippen LogP contribution in [0.25, 0.3) is 0 Å². The Balaban J connectivity index is 1.83. The average Bonchev–Trinajstić information content (AvgIpc) is 3.29. The molecule has 0 radical (unpaired) electrons. The van der Waals surface area contributed by atoms with E-state index in [2.05, 4.69) is 10.6 Å². The molecule has 7 nitrogen and oxygen atoms in total. The van der Waals surface area contributed by atoms with Crippen molar-refractivity contribution in [3.05, 3.63) is 33.9 Å². The molecular weight excluding hydrogens is 296 g/mol. The van der Waals surface area contributed by atoms with E-state index in [1.807, 2.05) is 6.07 Å². The molecule has 0 bridgehead atoms. The van der Waals surface area contributed by atoms with Gasteiger partial charge in [-0.2, -0.15) is 5.26 Å². The van der Waals surface area contributed by atoms with E-state index >= 15 is 0 Å². The molecule has 7 heteroatoms. The number of carbonyl (C=O) groups is 1. The van der Waals surface area contributed by atoms with Gasteiger partial charge in [-0.25, -0.2) is 0 Å². The number of nitriles is 1. The first-order valence-corrected chi connectivity index (χ1v) is 7.74. The van der Waals surface area contributed by atoms with Crippen LogP contribution in [0.4, 0.5) is 11.4 Å². The fourth-order valence-electron chi connectivity index (χ4n) is 3.21. The molecule has 1 aliphatic heterocycles. The standard InChI is InChI=1S/C16H18N4O3/c17-8-12-2-1-3-13(14(12)20(22)23)19-10-16(6-7-18-9-16)15(21)11-4-5-11/h1-3,11,18-19H,4-7,9-10H2/t16-/m0/s1. The van der Waals surface area contributed by atoms with Gasteiger partial charge >= 0.3 is 5.69 Å². The van der Waals surface area contributed by atoms with Crippen LogP contribution in [0.3, 0.4) is 0 Å². The molecule has 120 valence electrons. The highest BCUT2D eigenvalue weighted by Crippen LogP contribution is 2.40. The molecule has 1 aliphatic carbocycles. The van der Waals surface area contributed by atoms with Crippen molar-refractivity contribution < 1.29 is 9.72 Å². The summed E-state index contributed by atoms with van der Waals surface area (Å²) in [5.41, 5.74) is -0.413. The molecule has 0 spiro atoms. The molecule has 1 heterocycles. The molecule has 1 aromatic carbocycles. The van der Waals surface area contributed by atoms with Crippen molar-refractivity contribution in [2.45, 2.75) is 19.3 Å². The van der Waals surface area contributed by atoms with Crippen LogP contribution in [0.5, 0.6) is 0 Å². The van der Waals surface area contributed by atoms with Gasteiger partial charge in [0.25, 0.3) is 0 Å². The van der Waals surface area contributed by atoms with Crippen LogP contribution in [0.2, 0.25) is 0 Å². The van der Waals surface area contributed by atoms with Gasteiger partial charge in [0.1, 0.15) is 23.1 Å². The molecule has 0 amide bonds. The molecule has 2 N–H and O–H groups in total. The van der Waals surface area contributed by atoms with Gasteiger partial charge in [-0.05, 0) is 37.9 Å². The first-order valence-electron chi connectivity index (χ1n) is 7.74. The molecule has 23 heavy (non-hydrogen) atoms. The molecule has 2 fully saturated rings. The molecule has 1 aromatic rings. The Kier molecular flexibility index (Phi) is 4.01. The van der Waals surface area contributed by atoms with Crippen LogP contribution in [0, 0.1) is 32.8 Å². The zero-order chi connectivity index (χ0) is 16.4. The van der Waals surface area contributed by atoms with Crippen molar-refractivity contribution in [1.82, 2.24) is 5.32 Å². The largest absolute Gasteiger partial charge is 0.378 e. The average molecular weight is 314 g/mol. The second kappa shape index (κ2) is 5.97. The summed E-state index contributed by atoms with van der Waals surface area (Å²) in [7, 11) is 0. The van der Waals surface area contributed by atoms with Crippen LogP contribution in [0.15, 0.2) is 18.2 Å². The molecule has 0 unspecified atom stereocenters. The topological polar surface area (TPSA) is 108 Å².